The fourth-order valence-corrected chi connectivity index (χ4v) is 2.27. The molecule has 0 bridgehead atoms. The van der Waals surface area contributed by atoms with Crippen LogP contribution in [-0.4, -0.2) is 54.8 Å². The zero-order valence-corrected chi connectivity index (χ0v) is 11.7. The largest absolute Gasteiger partial charge is 0.465 e. The van der Waals surface area contributed by atoms with Crippen LogP contribution in [0.15, 0.2) is 9.98 Å². The molecule has 0 N–H and O–H groups in total. The molecular formula is C12H16F3N3O3. The predicted octanol–water partition coefficient (Wildman–Crippen LogP) is 1.71. The number of hydrogen-bond donors (Lipinski definition) is 0. The Labute approximate surface area is 119 Å². The van der Waals surface area contributed by atoms with Gasteiger partial charge in [0.25, 0.3) is 6.02 Å². The lowest BCUT2D eigenvalue weighted by Crippen LogP contribution is -2.55. The van der Waals surface area contributed by atoms with E-state index in [0.29, 0.717) is 13.1 Å². The molecule has 0 radical (unpaired) electrons. The van der Waals surface area contributed by atoms with Crippen LogP contribution in [0.3, 0.4) is 0 Å². The number of methoxy groups -OCH3 is 1. The van der Waals surface area contributed by atoms with Crippen molar-refractivity contribution in [1.82, 2.24) is 4.90 Å². The molecule has 6 nitrogen and oxygen atoms in total. The Kier molecular flexibility index (Phi) is 4.11. The number of nitrogens with zero attached hydrogens (tertiary/aromatic N) is 3. The van der Waals surface area contributed by atoms with E-state index in [-0.39, 0.29) is 11.9 Å². The molecule has 0 aromatic carbocycles. The summed E-state index contributed by atoms with van der Waals surface area (Å²) >= 11 is 0. The zero-order valence-electron chi connectivity index (χ0n) is 11.7. The van der Waals surface area contributed by atoms with Crippen molar-refractivity contribution in [1.29, 1.82) is 0 Å². The van der Waals surface area contributed by atoms with Crippen LogP contribution in [0, 0.1) is 0 Å². The summed E-state index contributed by atoms with van der Waals surface area (Å²) in [7, 11) is 0.867. The van der Waals surface area contributed by atoms with Gasteiger partial charge in [0.15, 0.2) is 5.90 Å². The number of piperidine rings is 1. The quantitative estimate of drug-likeness (QED) is 0.692. The van der Waals surface area contributed by atoms with Crippen LogP contribution >= 0.6 is 0 Å². The van der Waals surface area contributed by atoms with Gasteiger partial charge in [0, 0.05) is 20.0 Å². The molecule has 0 aromatic heterocycles. The Morgan fingerprint density at radius 2 is 1.90 bits per heavy atom. The second-order valence-electron chi connectivity index (χ2n) is 4.84. The first kappa shape index (κ1) is 15.6. The molecule has 1 atom stereocenters. The highest BCUT2D eigenvalue weighted by Gasteiger charge is 2.65. The fourth-order valence-electron chi connectivity index (χ4n) is 2.27. The van der Waals surface area contributed by atoms with E-state index in [1.165, 1.54) is 6.92 Å². The molecule has 2 rings (SSSR count). The molecule has 0 unspecified atom stereocenters. The van der Waals surface area contributed by atoms with Crippen LogP contribution in [0.5, 0.6) is 0 Å². The van der Waals surface area contributed by atoms with Crippen molar-refractivity contribution in [2.45, 2.75) is 38.0 Å². The van der Waals surface area contributed by atoms with Gasteiger partial charge in [-0.2, -0.15) is 18.2 Å². The van der Waals surface area contributed by atoms with Gasteiger partial charge in [-0.1, -0.05) is 0 Å². The van der Waals surface area contributed by atoms with Crippen molar-refractivity contribution in [3.05, 3.63) is 0 Å². The van der Waals surface area contributed by atoms with Crippen LogP contribution in [0.1, 0.15) is 26.2 Å². The summed E-state index contributed by atoms with van der Waals surface area (Å²) in [5, 5.41) is 0. The summed E-state index contributed by atoms with van der Waals surface area (Å²) in [6.07, 6.45) is -2.35. The minimum atomic E-state index is -5.01. The SMILES string of the molecule is COC(=O)[C@@]1(C(F)(F)F)N=C(C)OC(N2CCCCC2)=N1. The minimum Gasteiger partial charge on any atom is -0.465 e. The van der Waals surface area contributed by atoms with E-state index in [0.717, 1.165) is 26.4 Å². The van der Waals surface area contributed by atoms with Crippen molar-refractivity contribution >= 4 is 17.9 Å². The maximum atomic E-state index is 13.4. The smallest absolute Gasteiger partial charge is 0.446 e. The van der Waals surface area contributed by atoms with Crippen molar-refractivity contribution < 1.29 is 27.4 Å². The topological polar surface area (TPSA) is 63.5 Å². The molecule has 2 aliphatic rings. The average molecular weight is 307 g/mol. The summed E-state index contributed by atoms with van der Waals surface area (Å²) in [5.74, 6) is -1.85. The van der Waals surface area contributed by atoms with Crippen LogP contribution in [-0.2, 0) is 14.3 Å². The third kappa shape index (κ3) is 2.81. The third-order valence-electron chi connectivity index (χ3n) is 3.31. The standard InChI is InChI=1S/C12H16F3N3O3/c1-8-16-11(9(19)20-2,12(13,14)15)17-10(21-8)18-6-4-3-5-7-18/h3-7H2,1-2H3/t11-/m1/s1. The van der Waals surface area contributed by atoms with Crippen molar-refractivity contribution in [3.8, 4) is 0 Å². The van der Waals surface area contributed by atoms with Gasteiger partial charge in [-0.15, -0.1) is 0 Å². The molecule has 1 fully saturated rings. The molecule has 2 aliphatic heterocycles. The van der Waals surface area contributed by atoms with Gasteiger partial charge in [-0.05, 0) is 19.3 Å². The summed E-state index contributed by atoms with van der Waals surface area (Å²) in [4.78, 5) is 20.0. The molecule has 0 amide bonds. The normalized spacial score (nSPS) is 26.6. The summed E-state index contributed by atoms with van der Waals surface area (Å²) in [5.41, 5.74) is -3.28. The predicted molar refractivity (Wildman–Crippen MR) is 67.9 cm³/mol. The highest BCUT2D eigenvalue weighted by Crippen LogP contribution is 2.38. The molecule has 21 heavy (non-hydrogen) atoms. The molecular weight excluding hydrogens is 291 g/mol. The minimum absolute atomic E-state index is 0.232. The van der Waals surface area contributed by atoms with Gasteiger partial charge in [0.2, 0.25) is 0 Å². The molecule has 0 aliphatic carbocycles. The first-order valence-electron chi connectivity index (χ1n) is 6.54. The number of esters is 1. The molecule has 0 spiro atoms. The zero-order chi connectivity index (χ0) is 15.7. The van der Waals surface area contributed by atoms with Gasteiger partial charge in [0.05, 0.1) is 7.11 Å². The average Bonchev–Trinajstić information content (AvgIpc) is 2.45. The number of ether oxygens (including phenoxy) is 2. The van der Waals surface area contributed by atoms with Gasteiger partial charge < -0.3 is 14.4 Å². The maximum Gasteiger partial charge on any atom is 0.446 e. The van der Waals surface area contributed by atoms with E-state index in [9.17, 15) is 18.0 Å². The second-order valence-corrected chi connectivity index (χ2v) is 4.84. The molecule has 1 saturated heterocycles. The van der Waals surface area contributed by atoms with Crippen LogP contribution < -0.4 is 0 Å². The Morgan fingerprint density at radius 3 is 2.43 bits per heavy atom. The molecule has 9 heteroatoms. The Bertz CT molecular complexity index is 484. The van der Waals surface area contributed by atoms with Gasteiger partial charge in [-0.25, -0.2) is 9.79 Å². The van der Waals surface area contributed by atoms with Crippen LogP contribution in [0.2, 0.25) is 0 Å². The lowest BCUT2D eigenvalue weighted by molar-refractivity contribution is -0.202. The summed E-state index contributed by atoms with van der Waals surface area (Å²) < 4.78 is 49.5. The number of alkyl halides is 3. The molecule has 0 saturated carbocycles. The number of aliphatic imine (C=N–C) groups is 2. The van der Waals surface area contributed by atoms with E-state index < -0.39 is 17.8 Å². The highest BCUT2D eigenvalue weighted by molar-refractivity contribution is 5.97. The summed E-state index contributed by atoms with van der Waals surface area (Å²) in [6, 6.07) is -0.232. The molecule has 2 heterocycles. The van der Waals surface area contributed by atoms with E-state index in [4.69, 9.17) is 4.74 Å². The number of hydrogen-bond acceptors (Lipinski definition) is 6. The lowest BCUT2D eigenvalue weighted by atomic mass is 10.1. The number of halogens is 3. The monoisotopic (exact) mass is 307 g/mol. The fraction of sp³-hybridized carbons (Fsp3) is 0.750. The number of carbonyl (C=O) groups excluding carboxylic acids is 1. The van der Waals surface area contributed by atoms with Gasteiger partial charge in [0.1, 0.15) is 0 Å². The number of amidine groups is 1. The third-order valence-corrected chi connectivity index (χ3v) is 3.31. The van der Waals surface area contributed by atoms with E-state index in [1.54, 1.807) is 4.90 Å². The van der Waals surface area contributed by atoms with Gasteiger partial charge >= 0.3 is 17.8 Å². The Hall–Kier alpha value is -1.80. The van der Waals surface area contributed by atoms with E-state index in [1.807, 2.05) is 0 Å². The van der Waals surface area contributed by atoms with E-state index >= 15 is 0 Å². The Balaban J connectivity index is 2.44. The second kappa shape index (κ2) is 5.53. The lowest BCUT2D eigenvalue weighted by Gasteiger charge is -2.34. The van der Waals surface area contributed by atoms with Crippen LogP contribution in [0.25, 0.3) is 0 Å². The molecule has 0 aromatic rings. The Morgan fingerprint density at radius 1 is 1.29 bits per heavy atom. The maximum absolute atomic E-state index is 13.4. The molecule has 118 valence electrons. The van der Waals surface area contributed by atoms with Gasteiger partial charge in [-0.3, -0.25) is 0 Å². The van der Waals surface area contributed by atoms with Crippen molar-refractivity contribution in [2.75, 3.05) is 20.2 Å². The first-order valence-corrected chi connectivity index (χ1v) is 6.54. The van der Waals surface area contributed by atoms with Crippen molar-refractivity contribution in [2.24, 2.45) is 9.98 Å². The van der Waals surface area contributed by atoms with Crippen LogP contribution in [0.4, 0.5) is 13.2 Å². The van der Waals surface area contributed by atoms with Crippen molar-refractivity contribution in [3.63, 3.8) is 0 Å². The van der Waals surface area contributed by atoms with E-state index in [2.05, 4.69) is 14.7 Å². The summed E-state index contributed by atoms with van der Waals surface area (Å²) in [6.45, 7) is 2.31. The number of rotatable bonds is 1. The first-order chi connectivity index (χ1) is 9.80. The number of carbonyl (C=O) groups is 1. The highest BCUT2D eigenvalue weighted by atomic mass is 19.4. The number of likely N-dealkylation sites (tertiary alicyclic amines) is 1.